The Bertz CT molecular complexity index is 411. The van der Waals surface area contributed by atoms with E-state index in [0.717, 1.165) is 5.56 Å². The van der Waals surface area contributed by atoms with Crippen molar-refractivity contribution in [3.05, 3.63) is 30.1 Å². The number of urea groups is 1. The van der Waals surface area contributed by atoms with Crippen molar-refractivity contribution in [2.75, 3.05) is 13.7 Å². The van der Waals surface area contributed by atoms with Crippen LogP contribution < -0.4 is 10.6 Å². The Morgan fingerprint density at radius 3 is 2.89 bits per heavy atom. The van der Waals surface area contributed by atoms with Gasteiger partial charge in [-0.3, -0.25) is 4.98 Å². The number of carbonyl (C=O) groups excluding carboxylic acids is 1. The van der Waals surface area contributed by atoms with Crippen LogP contribution in [0.4, 0.5) is 4.79 Å². The summed E-state index contributed by atoms with van der Waals surface area (Å²) in [5, 5.41) is 13.9. The standard InChI is InChI=1S/C12H17N3O4/c1-19-6-4-10(11(16)17)15-12(18)14-8-9-3-2-5-13-7-9/h2-3,5,7,10H,4,6,8H2,1H3,(H,16,17)(H2,14,15,18). The topological polar surface area (TPSA) is 101 Å². The second-order valence-corrected chi connectivity index (χ2v) is 3.86. The van der Waals surface area contributed by atoms with Crippen LogP contribution in [0.15, 0.2) is 24.5 Å². The second-order valence-electron chi connectivity index (χ2n) is 3.86. The van der Waals surface area contributed by atoms with Crippen LogP contribution in [0.25, 0.3) is 0 Å². The quantitative estimate of drug-likeness (QED) is 0.662. The number of nitrogens with zero attached hydrogens (tertiary/aromatic N) is 1. The Kier molecular flexibility index (Phi) is 6.31. The van der Waals surface area contributed by atoms with Gasteiger partial charge in [0.1, 0.15) is 6.04 Å². The summed E-state index contributed by atoms with van der Waals surface area (Å²) in [6.45, 7) is 0.552. The minimum absolute atomic E-state index is 0.214. The highest BCUT2D eigenvalue weighted by atomic mass is 16.5. The molecular weight excluding hydrogens is 250 g/mol. The highest BCUT2D eigenvalue weighted by Crippen LogP contribution is 1.96. The average molecular weight is 267 g/mol. The van der Waals surface area contributed by atoms with Gasteiger partial charge in [-0.15, -0.1) is 0 Å². The molecule has 0 bridgehead atoms. The molecule has 1 aromatic rings. The number of methoxy groups -OCH3 is 1. The van der Waals surface area contributed by atoms with Gasteiger partial charge >= 0.3 is 12.0 Å². The molecule has 19 heavy (non-hydrogen) atoms. The van der Waals surface area contributed by atoms with E-state index in [1.807, 2.05) is 6.07 Å². The van der Waals surface area contributed by atoms with Crippen molar-refractivity contribution < 1.29 is 19.4 Å². The van der Waals surface area contributed by atoms with Crippen LogP contribution in [0, 0.1) is 0 Å². The number of aromatic nitrogens is 1. The third kappa shape index (κ3) is 5.82. The van der Waals surface area contributed by atoms with Gasteiger partial charge in [-0.05, 0) is 11.6 Å². The SMILES string of the molecule is COCCC(NC(=O)NCc1cccnc1)C(=O)O. The fourth-order valence-electron chi connectivity index (χ4n) is 1.39. The summed E-state index contributed by atoms with van der Waals surface area (Å²) >= 11 is 0. The van der Waals surface area contributed by atoms with Crippen molar-refractivity contribution in [3.63, 3.8) is 0 Å². The number of carbonyl (C=O) groups is 2. The Morgan fingerprint density at radius 2 is 2.32 bits per heavy atom. The molecule has 1 heterocycles. The van der Waals surface area contributed by atoms with Crippen LogP contribution in [-0.4, -0.2) is 41.8 Å². The van der Waals surface area contributed by atoms with E-state index in [4.69, 9.17) is 9.84 Å². The summed E-state index contributed by atoms with van der Waals surface area (Å²) < 4.78 is 4.79. The predicted octanol–water partition coefficient (Wildman–Crippen LogP) is 0.370. The molecule has 7 nitrogen and oxygen atoms in total. The van der Waals surface area contributed by atoms with E-state index >= 15 is 0 Å². The lowest BCUT2D eigenvalue weighted by Crippen LogP contribution is -2.46. The number of carboxylic acid groups (broad SMARTS) is 1. The fourth-order valence-corrected chi connectivity index (χ4v) is 1.39. The van der Waals surface area contributed by atoms with Gasteiger partial charge in [-0.2, -0.15) is 0 Å². The van der Waals surface area contributed by atoms with E-state index in [0.29, 0.717) is 0 Å². The summed E-state index contributed by atoms with van der Waals surface area (Å²) in [5.74, 6) is -1.09. The lowest BCUT2D eigenvalue weighted by atomic mass is 10.2. The van der Waals surface area contributed by atoms with Crippen molar-refractivity contribution in [1.29, 1.82) is 0 Å². The summed E-state index contributed by atoms with van der Waals surface area (Å²) in [4.78, 5) is 26.4. The normalized spacial score (nSPS) is 11.6. The first-order valence-electron chi connectivity index (χ1n) is 5.78. The molecule has 0 aliphatic rings. The zero-order valence-corrected chi connectivity index (χ0v) is 10.6. The first kappa shape index (κ1) is 14.9. The third-order valence-corrected chi connectivity index (χ3v) is 2.39. The van der Waals surface area contributed by atoms with Crippen LogP contribution in [-0.2, 0) is 16.1 Å². The molecule has 0 saturated carbocycles. The van der Waals surface area contributed by atoms with Gasteiger partial charge in [0.05, 0.1) is 0 Å². The molecular formula is C12H17N3O4. The highest BCUT2D eigenvalue weighted by molar-refractivity contribution is 5.82. The van der Waals surface area contributed by atoms with E-state index in [1.54, 1.807) is 18.5 Å². The number of nitrogens with one attached hydrogen (secondary N) is 2. The number of ether oxygens (including phenoxy) is 1. The Labute approximate surface area is 111 Å². The monoisotopic (exact) mass is 267 g/mol. The van der Waals surface area contributed by atoms with Gasteiger partial charge < -0.3 is 20.5 Å². The number of hydrogen-bond acceptors (Lipinski definition) is 4. The maximum atomic E-state index is 11.5. The second kappa shape index (κ2) is 8.04. The molecule has 0 aromatic carbocycles. The maximum Gasteiger partial charge on any atom is 0.326 e. The predicted molar refractivity (Wildman–Crippen MR) is 67.5 cm³/mol. The fraction of sp³-hybridized carbons (Fsp3) is 0.417. The molecule has 0 fully saturated rings. The number of pyridine rings is 1. The van der Waals surface area contributed by atoms with Crippen molar-refractivity contribution >= 4 is 12.0 Å². The van der Waals surface area contributed by atoms with Gasteiger partial charge in [0.25, 0.3) is 0 Å². The molecule has 1 unspecified atom stereocenters. The molecule has 0 aliphatic heterocycles. The average Bonchev–Trinajstić information content (AvgIpc) is 2.42. The van der Waals surface area contributed by atoms with Crippen LogP contribution in [0.3, 0.4) is 0 Å². The number of hydrogen-bond donors (Lipinski definition) is 3. The Hall–Kier alpha value is -2.15. The highest BCUT2D eigenvalue weighted by Gasteiger charge is 2.19. The maximum absolute atomic E-state index is 11.5. The zero-order valence-electron chi connectivity index (χ0n) is 10.6. The molecule has 0 radical (unpaired) electrons. The zero-order chi connectivity index (χ0) is 14.1. The molecule has 1 atom stereocenters. The van der Waals surface area contributed by atoms with Gasteiger partial charge in [-0.25, -0.2) is 9.59 Å². The summed E-state index contributed by atoms with van der Waals surface area (Å²) in [7, 11) is 1.47. The molecule has 3 N–H and O–H groups in total. The smallest absolute Gasteiger partial charge is 0.326 e. The van der Waals surface area contributed by atoms with E-state index in [-0.39, 0.29) is 19.6 Å². The first-order chi connectivity index (χ1) is 9.13. The van der Waals surface area contributed by atoms with E-state index < -0.39 is 18.0 Å². The van der Waals surface area contributed by atoms with Crippen molar-refractivity contribution in [3.8, 4) is 0 Å². The summed E-state index contributed by atoms with van der Waals surface area (Å²) in [6.07, 6.45) is 3.47. The molecule has 2 amide bonds. The first-order valence-corrected chi connectivity index (χ1v) is 5.78. The Balaban J connectivity index is 2.38. The van der Waals surface area contributed by atoms with Gasteiger partial charge in [-0.1, -0.05) is 6.07 Å². The van der Waals surface area contributed by atoms with E-state index in [2.05, 4.69) is 15.6 Å². The van der Waals surface area contributed by atoms with Crippen LogP contribution in [0.1, 0.15) is 12.0 Å². The molecule has 0 spiro atoms. The number of amides is 2. The lowest BCUT2D eigenvalue weighted by molar-refractivity contribution is -0.139. The minimum Gasteiger partial charge on any atom is -0.480 e. The number of rotatable bonds is 7. The molecule has 1 aromatic heterocycles. The van der Waals surface area contributed by atoms with Crippen LogP contribution in [0.5, 0.6) is 0 Å². The number of aliphatic carboxylic acids is 1. The van der Waals surface area contributed by atoms with Crippen LogP contribution in [0.2, 0.25) is 0 Å². The van der Waals surface area contributed by atoms with Crippen molar-refractivity contribution in [2.24, 2.45) is 0 Å². The van der Waals surface area contributed by atoms with Gasteiger partial charge in [0, 0.05) is 39.1 Å². The molecule has 0 aliphatic carbocycles. The third-order valence-electron chi connectivity index (χ3n) is 2.39. The van der Waals surface area contributed by atoms with Gasteiger partial charge in [0.2, 0.25) is 0 Å². The lowest BCUT2D eigenvalue weighted by Gasteiger charge is -2.14. The summed E-state index contributed by atoms with van der Waals surface area (Å²) in [6, 6.07) is 2.07. The van der Waals surface area contributed by atoms with Crippen LogP contribution >= 0.6 is 0 Å². The minimum atomic E-state index is -1.09. The van der Waals surface area contributed by atoms with Gasteiger partial charge in [0.15, 0.2) is 0 Å². The van der Waals surface area contributed by atoms with Crippen molar-refractivity contribution in [1.82, 2.24) is 15.6 Å². The summed E-state index contributed by atoms with van der Waals surface area (Å²) in [5.41, 5.74) is 0.835. The van der Waals surface area contributed by atoms with Crippen molar-refractivity contribution in [2.45, 2.75) is 19.0 Å². The number of carboxylic acids is 1. The van der Waals surface area contributed by atoms with E-state index in [1.165, 1.54) is 7.11 Å². The molecule has 0 saturated heterocycles. The molecule has 7 heteroatoms. The molecule has 1 rings (SSSR count). The largest absolute Gasteiger partial charge is 0.480 e. The van der Waals surface area contributed by atoms with E-state index in [9.17, 15) is 9.59 Å². The Morgan fingerprint density at radius 1 is 1.53 bits per heavy atom. The molecule has 104 valence electrons.